The minimum atomic E-state index is -0.250. The average molecular weight is 297 g/mol. The van der Waals surface area contributed by atoms with E-state index >= 15 is 0 Å². The van der Waals surface area contributed by atoms with Gasteiger partial charge in [-0.3, -0.25) is 9.78 Å². The summed E-state index contributed by atoms with van der Waals surface area (Å²) >= 11 is 0. The summed E-state index contributed by atoms with van der Waals surface area (Å²) in [5.41, 5.74) is 2.25. The number of carbonyl (C=O) groups excluding carboxylic acids is 1. The van der Waals surface area contributed by atoms with Crippen LogP contribution in [0.4, 0.5) is 11.4 Å². The van der Waals surface area contributed by atoms with E-state index < -0.39 is 0 Å². The van der Waals surface area contributed by atoms with Gasteiger partial charge >= 0.3 is 0 Å². The molecular weight excluding hydrogens is 278 g/mol. The van der Waals surface area contributed by atoms with Crippen molar-refractivity contribution < 1.29 is 4.79 Å². The number of hydrogen-bond acceptors (Lipinski definition) is 5. The number of carbonyl (C=O) groups is 1. The van der Waals surface area contributed by atoms with Crippen molar-refractivity contribution in [3.63, 3.8) is 0 Å². The third-order valence-corrected chi connectivity index (χ3v) is 3.79. The summed E-state index contributed by atoms with van der Waals surface area (Å²) < 4.78 is 0. The van der Waals surface area contributed by atoms with Crippen LogP contribution in [0.3, 0.4) is 0 Å². The van der Waals surface area contributed by atoms with E-state index in [4.69, 9.17) is 0 Å². The summed E-state index contributed by atoms with van der Waals surface area (Å²) in [5, 5.41) is 2.83. The Morgan fingerprint density at radius 1 is 1.09 bits per heavy atom. The van der Waals surface area contributed by atoms with Gasteiger partial charge in [0.2, 0.25) is 0 Å². The minimum absolute atomic E-state index is 0.250. The quantitative estimate of drug-likeness (QED) is 0.930. The molecule has 1 amide bonds. The SMILES string of the molecule is CN1CCN(c2ccc(NC(=O)c3cnccn3)cc2)CC1. The van der Waals surface area contributed by atoms with Gasteiger partial charge in [0.05, 0.1) is 6.20 Å². The van der Waals surface area contributed by atoms with Crippen molar-refractivity contribution in [1.29, 1.82) is 0 Å². The lowest BCUT2D eigenvalue weighted by molar-refractivity contribution is 0.102. The first kappa shape index (κ1) is 14.5. The number of benzene rings is 1. The second kappa shape index (κ2) is 6.53. The Morgan fingerprint density at radius 2 is 1.82 bits per heavy atom. The summed E-state index contributed by atoms with van der Waals surface area (Å²) in [6.07, 6.45) is 4.50. The number of hydrogen-bond donors (Lipinski definition) is 1. The smallest absolute Gasteiger partial charge is 0.275 e. The molecule has 22 heavy (non-hydrogen) atoms. The van der Waals surface area contributed by atoms with E-state index in [1.165, 1.54) is 18.1 Å². The maximum atomic E-state index is 12.0. The molecule has 0 unspecified atom stereocenters. The van der Waals surface area contributed by atoms with Crippen LogP contribution in [0, 0.1) is 0 Å². The van der Waals surface area contributed by atoms with Crippen molar-refractivity contribution in [1.82, 2.24) is 14.9 Å². The monoisotopic (exact) mass is 297 g/mol. The van der Waals surface area contributed by atoms with Crippen molar-refractivity contribution >= 4 is 17.3 Å². The predicted molar refractivity (Wildman–Crippen MR) is 86.1 cm³/mol. The number of piperazine rings is 1. The first-order valence-electron chi connectivity index (χ1n) is 7.33. The zero-order valence-electron chi connectivity index (χ0n) is 12.6. The third-order valence-electron chi connectivity index (χ3n) is 3.79. The van der Waals surface area contributed by atoms with Gasteiger partial charge in [-0.05, 0) is 31.3 Å². The molecule has 0 atom stereocenters. The maximum Gasteiger partial charge on any atom is 0.275 e. The lowest BCUT2D eigenvalue weighted by atomic mass is 10.2. The van der Waals surface area contributed by atoms with Gasteiger partial charge in [0.15, 0.2) is 0 Å². The van der Waals surface area contributed by atoms with E-state index in [2.05, 4.69) is 32.1 Å². The summed E-state index contributed by atoms with van der Waals surface area (Å²) in [6, 6.07) is 7.92. The second-order valence-corrected chi connectivity index (χ2v) is 5.38. The molecule has 0 bridgehead atoms. The normalized spacial score (nSPS) is 15.6. The van der Waals surface area contributed by atoms with Gasteiger partial charge < -0.3 is 15.1 Å². The number of amides is 1. The van der Waals surface area contributed by atoms with Crippen molar-refractivity contribution in [2.45, 2.75) is 0 Å². The van der Waals surface area contributed by atoms with Gasteiger partial charge in [-0.25, -0.2) is 4.98 Å². The molecule has 0 radical (unpaired) electrons. The largest absolute Gasteiger partial charge is 0.369 e. The number of anilines is 2. The molecule has 6 heteroatoms. The Hall–Kier alpha value is -2.47. The minimum Gasteiger partial charge on any atom is -0.369 e. The van der Waals surface area contributed by atoms with Crippen molar-refractivity contribution in [2.24, 2.45) is 0 Å². The van der Waals surface area contributed by atoms with E-state index in [9.17, 15) is 4.79 Å². The summed E-state index contributed by atoms with van der Waals surface area (Å²) in [4.78, 5) is 24.6. The van der Waals surface area contributed by atoms with Crippen LogP contribution in [-0.4, -0.2) is 54.0 Å². The fraction of sp³-hybridized carbons (Fsp3) is 0.312. The predicted octanol–water partition coefficient (Wildman–Crippen LogP) is 1.48. The lowest BCUT2D eigenvalue weighted by Gasteiger charge is -2.34. The molecule has 1 N–H and O–H groups in total. The number of rotatable bonds is 3. The highest BCUT2D eigenvalue weighted by molar-refractivity contribution is 6.02. The maximum absolute atomic E-state index is 12.0. The van der Waals surface area contributed by atoms with Crippen LogP contribution in [0.25, 0.3) is 0 Å². The van der Waals surface area contributed by atoms with Crippen LogP contribution in [-0.2, 0) is 0 Å². The molecule has 1 aromatic heterocycles. The lowest BCUT2D eigenvalue weighted by Crippen LogP contribution is -2.44. The van der Waals surface area contributed by atoms with E-state index in [0.29, 0.717) is 5.69 Å². The molecule has 0 saturated carbocycles. The second-order valence-electron chi connectivity index (χ2n) is 5.38. The molecule has 2 aromatic rings. The van der Waals surface area contributed by atoms with E-state index in [-0.39, 0.29) is 5.91 Å². The molecule has 0 aliphatic carbocycles. The average Bonchev–Trinajstić information content (AvgIpc) is 2.57. The van der Waals surface area contributed by atoms with Crippen LogP contribution in [0.5, 0.6) is 0 Å². The molecule has 1 saturated heterocycles. The topological polar surface area (TPSA) is 61.4 Å². The zero-order chi connectivity index (χ0) is 15.4. The van der Waals surface area contributed by atoms with Crippen molar-refractivity contribution in [3.05, 3.63) is 48.5 Å². The molecule has 6 nitrogen and oxygen atoms in total. The first-order valence-corrected chi connectivity index (χ1v) is 7.33. The number of likely N-dealkylation sites (N-methyl/N-ethyl adjacent to an activating group) is 1. The Bertz CT molecular complexity index is 621. The van der Waals surface area contributed by atoms with E-state index in [0.717, 1.165) is 31.9 Å². The molecule has 1 aromatic carbocycles. The molecule has 2 heterocycles. The first-order chi connectivity index (χ1) is 10.7. The molecule has 1 fully saturated rings. The number of nitrogens with one attached hydrogen (secondary N) is 1. The summed E-state index contributed by atoms with van der Waals surface area (Å²) in [7, 11) is 2.14. The Labute approximate surface area is 129 Å². The fourth-order valence-corrected chi connectivity index (χ4v) is 2.43. The Balaban J connectivity index is 1.63. The third kappa shape index (κ3) is 3.40. The van der Waals surface area contributed by atoms with Crippen molar-refractivity contribution in [2.75, 3.05) is 43.4 Å². The highest BCUT2D eigenvalue weighted by Gasteiger charge is 2.14. The Kier molecular flexibility index (Phi) is 4.29. The molecular formula is C16H19N5O. The zero-order valence-corrected chi connectivity index (χ0v) is 12.6. The summed E-state index contributed by atoms with van der Waals surface area (Å²) in [6.45, 7) is 4.21. The molecule has 0 spiro atoms. The highest BCUT2D eigenvalue weighted by Crippen LogP contribution is 2.19. The highest BCUT2D eigenvalue weighted by atomic mass is 16.1. The van der Waals surface area contributed by atoms with Gasteiger partial charge in [0, 0.05) is 49.9 Å². The molecule has 1 aliphatic rings. The number of nitrogens with zero attached hydrogens (tertiary/aromatic N) is 4. The Morgan fingerprint density at radius 3 is 2.45 bits per heavy atom. The van der Waals surface area contributed by atoms with Crippen molar-refractivity contribution in [3.8, 4) is 0 Å². The molecule has 114 valence electrons. The number of aromatic nitrogens is 2. The van der Waals surface area contributed by atoms with Gasteiger partial charge in [-0.1, -0.05) is 0 Å². The standard InChI is InChI=1S/C16H19N5O/c1-20-8-10-21(11-9-20)14-4-2-13(3-5-14)19-16(22)15-12-17-6-7-18-15/h2-7,12H,8-11H2,1H3,(H,19,22). The van der Waals surface area contributed by atoms with Gasteiger partial charge in [-0.15, -0.1) is 0 Å². The van der Waals surface area contributed by atoms with Crippen LogP contribution in [0.1, 0.15) is 10.5 Å². The van der Waals surface area contributed by atoms with Crippen LogP contribution in [0.2, 0.25) is 0 Å². The van der Waals surface area contributed by atoms with Gasteiger partial charge in [0.25, 0.3) is 5.91 Å². The van der Waals surface area contributed by atoms with Crippen LogP contribution >= 0.6 is 0 Å². The molecule has 3 rings (SSSR count). The van der Waals surface area contributed by atoms with Gasteiger partial charge in [-0.2, -0.15) is 0 Å². The molecule has 1 aliphatic heterocycles. The van der Waals surface area contributed by atoms with Crippen LogP contribution in [0.15, 0.2) is 42.9 Å². The van der Waals surface area contributed by atoms with E-state index in [1.54, 1.807) is 6.20 Å². The van der Waals surface area contributed by atoms with Crippen LogP contribution < -0.4 is 10.2 Å². The van der Waals surface area contributed by atoms with Gasteiger partial charge in [0.1, 0.15) is 5.69 Å². The van der Waals surface area contributed by atoms with E-state index in [1.807, 2.05) is 24.3 Å². The summed E-state index contributed by atoms with van der Waals surface area (Å²) in [5.74, 6) is -0.250. The fourth-order valence-electron chi connectivity index (χ4n) is 2.43.